The number of carbonyl (C=O) groups is 4. The first-order valence-corrected chi connectivity index (χ1v) is 22.8. The molecule has 0 unspecified atom stereocenters. The van der Waals surface area contributed by atoms with Crippen LogP contribution in [0.3, 0.4) is 0 Å². The Kier molecular flexibility index (Phi) is 9.96. The maximum atomic E-state index is 15.1. The molecular weight excluding hydrogens is 680 g/mol. The first-order valence-electron chi connectivity index (χ1n) is 22.8. The van der Waals surface area contributed by atoms with Crippen LogP contribution in [0.5, 0.6) is 0 Å². The van der Waals surface area contributed by atoms with E-state index >= 15 is 9.59 Å². The van der Waals surface area contributed by atoms with Crippen LogP contribution in [0.4, 0.5) is 0 Å². The van der Waals surface area contributed by atoms with Gasteiger partial charge in [-0.1, -0.05) is 39.5 Å². The summed E-state index contributed by atoms with van der Waals surface area (Å²) in [5.74, 6) is 3.30. The predicted octanol–water partition coefficient (Wildman–Crippen LogP) is 9.30. The standard InChI is InChI=1S/C46H68O8/c1-3-5-7-9-51-39(47)26-45(35-14-29-11-30(16-35)17-36(45)15-29)53-41(49)43-22-33-13-34(23-43)25-44(24-33,28-43)42(50)54-46(27-40(48)52-10-8-6-4-2)37-18-31-12-32(20-37)21-38(46)19-31/h29-38H,3-28H2,1-2H3. The van der Waals surface area contributed by atoms with Gasteiger partial charge in [0, 0.05) is 23.7 Å². The number of ether oxygens (including phenoxy) is 4. The molecule has 0 saturated heterocycles. The highest BCUT2D eigenvalue weighted by Gasteiger charge is 2.69. The maximum absolute atomic E-state index is 15.1. The zero-order chi connectivity index (χ0) is 37.3. The van der Waals surface area contributed by atoms with E-state index in [-0.39, 0.29) is 72.2 Å². The first kappa shape index (κ1) is 37.5. The molecule has 12 saturated carbocycles. The molecule has 12 aliphatic rings. The first-order chi connectivity index (χ1) is 26.1. The van der Waals surface area contributed by atoms with Crippen LogP contribution in [-0.2, 0) is 38.1 Å². The summed E-state index contributed by atoms with van der Waals surface area (Å²) >= 11 is 0. The van der Waals surface area contributed by atoms with Gasteiger partial charge in [-0.05, 0) is 151 Å². The lowest BCUT2D eigenvalue weighted by Crippen LogP contribution is -2.65. The second-order valence-corrected chi connectivity index (χ2v) is 21.0. The third kappa shape index (κ3) is 6.45. The molecule has 54 heavy (non-hydrogen) atoms. The van der Waals surface area contributed by atoms with Gasteiger partial charge in [0.2, 0.25) is 0 Å². The molecule has 0 aliphatic heterocycles. The van der Waals surface area contributed by atoms with Gasteiger partial charge >= 0.3 is 23.9 Å². The molecule has 0 aromatic carbocycles. The average molecular weight is 749 g/mol. The molecule has 8 heteroatoms. The highest BCUT2D eigenvalue weighted by Crippen LogP contribution is 2.69. The fourth-order valence-corrected chi connectivity index (χ4v) is 15.9. The Morgan fingerprint density at radius 2 is 0.796 bits per heavy atom. The molecule has 0 aromatic heterocycles. The number of hydrogen-bond donors (Lipinski definition) is 0. The van der Waals surface area contributed by atoms with E-state index in [0.29, 0.717) is 43.3 Å². The molecule has 300 valence electrons. The molecule has 0 aromatic rings. The summed E-state index contributed by atoms with van der Waals surface area (Å²) in [4.78, 5) is 57.3. The van der Waals surface area contributed by atoms with Gasteiger partial charge in [0.15, 0.2) is 0 Å². The van der Waals surface area contributed by atoms with Gasteiger partial charge in [-0.2, -0.15) is 0 Å². The van der Waals surface area contributed by atoms with Gasteiger partial charge in [0.25, 0.3) is 0 Å². The molecular formula is C46H68O8. The molecule has 0 heterocycles. The minimum atomic E-state index is -0.800. The molecule has 0 amide bonds. The van der Waals surface area contributed by atoms with Gasteiger partial charge < -0.3 is 18.9 Å². The van der Waals surface area contributed by atoms with Crippen LogP contribution in [0.25, 0.3) is 0 Å². The lowest BCUT2D eigenvalue weighted by atomic mass is 9.44. The van der Waals surface area contributed by atoms with Crippen LogP contribution >= 0.6 is 0 Å². The summed E-state index contributed by atoms with van der Waals surface area (Å²) in [7, 11) is 0. The van der Waals surface area contributed by atoms with Crippen molar-refractivity contribution in [3.63, 3.8) is 0 Å². The molecule has 0 N–H and O–H groups in total. The van der Waals surface area contributed by atoms with E-state index in [1.54, 1.807) is 0 Å². The van der Waals surface area contributed by atoms with Gasteiger partial charge in [-0.25, -0.2) is 0 Å². The lowest BCUT2D eigenvalue weighted by Gasteiger charge is -2.63. The van der Waals surface area contributed by atoms with E-state index in [1.165, 1.54) is 12.8 Å². The normalized spacial score (nSPS) is 45.7. The van der Waals surface area contributed by atoms with E-state index in [9.17, 15) is 9.59 Å². The maximum Gasteiger partial charge on any atom is 0.312 e. The van der Waals surface area contributed by atoms with E-state index in [2.05, 4.69) is 13.8 Å². The summed E-state index contributed by atoms with van der Waals surface area (Å²) in [6, 6.07) is 0. The third-order valence-electron chi connectivity index (χ3n) is 17.4. The molecule has 0 spiro atoms. The van der Waals surface area contributed by atoms with Crippen molar-refractivity contribution in [3.05, 3.63) is 0 Å². The van der Waals surface area contributed by atoms with Crippen LogP contribution in [0, 0.1) is 70.0 Å². The summed E-state index contributed by atoms with van der Waals surface area (Å²) in [6.07, 6.45) is 21.6. The highest BCUT2D eigenvalue weighted by atomic mass is 16.6. The predicted molar refractivity (Wildman–Crippen MR) is 201 cm³/mol. The average Bonchev–Trinajstić information content (AvgIpc) is 3.12. The highest BCUT2D eigenvalue weighted by molar-refractivity contribution is 5.84. The molecule has 0 radical (unpaired) electrons. The van der Waals surface area contributed by atoms with Crippen molar-refractivity contribution < 1.29 is 38.1 Å². The van der Waals surface area contributed by atoms with E-state index in [1.807, 2.05) is 0 Å². The van der Waals surface area contributed by atoms with Crippen molar-refractivity contribution in [2.45, 2.75) is 179 Å². The van der Waals surface area contributed by atoms with Gasteiger partial charge in [0.1, 0.15) is 11.2 Å². The number of unbranched alkanes of at least 4 members (excludes halogenated alkanes) is 4. The Hall–Kier alpha value is -2.12. The second kappa shape index (κ2) is 14.4. The fraction of sp³-hybridized carbons (Fsp3) is 0.913. The molecule has 8 nitrogen and oxygen atoms in total. The van der Waals surface area contributed by atoms with Crippen molar-refractivity contribution >= 4 is 23.9 Å². The van der Waals surface area contributed by atoms with Crippen molar-refractivity contribution in [2.75, 3.05) is 13.2 Å². The van der Waals surface area contributed by atoms with Crippen molar-refractivity contribution in [1.82, 2.24) is 0 Å². The quantitative estimate of drug-likeness (QED) is 0.0874. The van der Waals surface area contributed by atoms with Crippen molar-refractivity contribution in [2.24, 2.45) is 70.0 Å². The number of rotatable bonds is 16. The van der Waals surface area contributed by atoms with Crippen molar-refractivity contribution in [1.29, 1.82) is 0 Å². The van der Waals surface area contributed by atoms with E-state index in [0.717, 1.165) is 122 Å². The Balaban J connectivity index is 0.961. The molecule has 0 atom stereocenters. The monoisotopic (exact) mass is 748 g/mol. The molecule has 12 fully saturated rings. The smallest absolute Gasteiger partial charge is 0.312 e. The van der Waals surface area contributed by atoms with Gasteiger partial charge in [-0.15, -0.1) is 0 Å². The Labute approximate surface area is 323 Å². The van der Waals surface area contributed by atoms with Crippen LogP contribution < -0.4 is 0 Å². The molecule has 12 aliphatic carbocycles. The van der Waals surface area contributed by atoms with Crippen LogP contribution in [0.1, 0.15) is 168 Å². The van der Waals surface area contributed by atoms with E-state index < -0.39 is 22.0 Å². The van der Waals surface area contributed by atoms with Gasteiger partial charge in [0.05, 0.1) is 36.9 Å². The minimum absolute atomic E-state index is 0.153. The molecule has 12 bridgehead atoms. The van der Waals surface area contributed by atoms with Crippen LogP contribution in [-0.4, -0.2) is 48.3 Å². The summed E-state index contributed by atoms with van der Waals surface area (Å²) < 4.78 is 25.7. The van der Waals surface area contributed by atoms with Crippen LogP contribution in [0.15, 0.2) is 0 Å². The van der Waals surface area contributed by atoms with E-state index in [4.69, 9.17) is 18.9 Å². The fourth-order valence-electron chi connectivity index (χ4n) is 15.9. The third-order valence-corrected chi connectivity index (χ3v) is 17.4. The summed E-state index contributed by atoms with van der Waals surface area (Å²) in [5.41, 5.74) is -3.06. The zero-order valence-electron chi connectivity index (χ0n) is 33.4. The SMILES string of the molecule is CCCCCOC(=O)CC1(OC(=O)C23CC4CC(C2)CC(C(=O)OC2(CC(=O)OCCCCC)C5CC6CC(C5)CC2C6)(C4)C3)C2CC3CC(C2)CC1C3. The topological polar surface area (TPSA) is 105 Å². The Bertz CT molecular complexity index is 1290. The Morgan fingerprint density at radius 1 is 0.463 bits per heavy atom. The number of hydrogen-bond acceptors (Lipinski definition) is 8. The summed E-state index contributed by atoms with van der Waals surface area (Å²) in [5, 5.41) is 0. The minimum Gasteiger partial charge on any atom is -0.466 e. The summed E-state index contributed by atoms with van der Waals surface area (Å²) in [6.45, 7) is 5.14. The second-order valence-electron chi connectivity index (χ2n) is 21.0. The van der Waals surface area contributed by atoms with Crippen LogP contribution in [0.2, 0.25) is 0 Å². The number of esters is 4. The number of carbonyl (C=O) groups excluding carboxylic acids is 4. The van der Waals surface area contributed by atoms with Crippen molar-refractivity contribution in [3.8, 4) is 0 Å². The lowest BCUT2D eigenvalue weighted by molar-refractivity contribution is -0.244. The molecule has 12 rings (SSSR count). The van der Waals surface area contributed by atoms with Gasteiger partial charge in [-0.3, -0.25) is 19.2 Å². The largest absolute Gasteiger partial charge is 0.466 e. The zero-order valence-corrected chi connectivity index (χ0v) is 33.4. The Morgan fingerprint density at radius 3 is 1.13 bits per heavy atom.